The van der Waals surface area contributed by atoms with Gasteiger partial charge in [-0.1, -0.05) is 49.4 Å². The molecule has 4 aromatic rings. The van der Waals surface area contributed by atoms with Crippen molar-refractivity contribution in [1.29, 1.82) is 0 Å². The summed E-state index contributed by atoms with van der Waals surface area (Å²) in [6, 6.07) is 20.1. The lowest BCUT2D eigenvalue weighted by Crippen LogP contribution is -2.28. The molecule has 6 nitrogen and oxygen atoms in total. The van der Waals surface area contributed by atoms with Crippen LogP contribution < -0.4 is 14.9 Å². The fourth-order valence-corrected chi connectivity index (χ4v) is 3.45. The largest absolute Gasteiger partial charge is 0.479 e. The van der Waals surface area contributed by atoms with E-state index in [-0.39, 0.29) is 17.8 Å². The van der Waals surface area contributed by atoms with Crippen LogP contribution >= 0.6 is 0 Å². The summed E-state index contributed by atoms with van der Waals surface area (Å²) in [5.74, 6) is 0.657. The van der Waals surface area contributed by atoms with Gasteiger partial charge in [0, 0.05) is 6.07 Å². The number of aryl methyl sites for hydroxylation is 2. The molecule has 1 unspecified atom stereocenters. The summed E-state index contributed by atoms with van der Waals surface area (Å²) in [5, 5.41) is 0.356. The second kappa shape index (κ2) is 10.3. The number of carbonyl (C=O) groups is 1. The molecule has 0 saturated carbocycles. The smallest absolute Gasteiger partial charge is 0.347 e. The average Bonchev–Trinajstić information content (AvgIpc) is 2.85. The van der Waals surface area contributed by atoms with E-state index in [0.29, 0.717) is 28.9 Å². The molecule has 3 aromatic carbocycles. The molecule has 0 amide bonds. The van der Waals surface area contributed by atoms with Crippen LogP contribution in [0.5, 0.6) is 17.2 Å². The van der Waals surface area contributed by atoms with Crippen LogP contribution in [0.1, 0.15) is 30.0 Å². The minimum absolute atomic E-state index is 0.103. The topological polar surface area (TPSA) is 75.0 Å². The summed E-state index contributed by atoms with van der Waals surface area (Å²) in [4.78, 5) is 25.4. The Morgan fingerprint density at radius 3 is 2.53 bits per heavy atom. The zero-order valence-corrected chi connectivity index (χ0v) is 19.4. The molecule has 0 aliphatic heterocycles. The van der Waals surface area contributed by atoms with Gasteiger partial charge in [0.1, 0.15) is 30.0 Å². The molecule has 0 fully saturated rings. The van der Waals surface area contributed by atoms with E-state index in [0.717, 1.165) is 16.7 Å². The highest BCUT2D eigenvalue weighted by Crippen LogP contribution is 2.27. The SMILES string of the molecule is CCC(Oc1ccc2c(=O)c(Oc3cc(C)ccc3C)coc2c1)C(=O)OCc1ccccc1. The van der Waals surface area contributed by atoms with Gasteiger partial charge in [-0.05, 0) is 55.2 Å². The van der Waals surface area contributed by atoms with Crippen LogP contribution in [0.4, 0.5) is 0 Å². The Hall–Kier alpha value is -4.06. The number of ether oxygens (including phenoxy) is 3. The lowest BCUT2D eigenvalue weighted by atomic mass is 10.1. The first-order valence-electron chi connectivity index (χ1n) is 11.1. The molecule has 0 aliphatic rings. The predicted octanol–water partition coefficient (Wildman–Crippen LogP) is 6.10. The molecule has 1 heterocycles. The van der Waals surface area contributed by atoms with Crippen molar-refractivity contribution in [3.8, 4) is 17.2 Å². The van der Waals surface area contributed by atoms with Crippen molar-refractivity contribution >= 4 is 16.9 Å². The van der Waals surface area contributed by atoms with Crippen LogP contribution in [-0.4, -0.2) is 12.1 Å². The molecule has 174 valence electrons. The monoisotopic (exact) mass is 458 g/mol. The second-order valence-corrected chi connectivity index (χ2v) is 8.07. The first-order chi connectivity index (χ1) is 16.4. The van der Waals surface area contributed by atoms with E-state index in [4.69, 9.17) is 18.6 Å². The molecule has 34 heavy (non-hydrogen) atoms. The summed E-state index contributed by atoms with van der Waals surface area (Å²) in [6.07, 6.45) is 0.944. The second-order valence-electron chi connectivity index (χ2n) is 8.07. The van der Waals surface area contributed by atoms with Gasteiger partial charge in [0.15, 0.2) is 6.10 Å². The highest BCUT2D eigenvalue weighted by molar-refractivity contribution is 5.80. The number of esters is 1. The third kappa shape index (κ3) is 5.29. The summed E-state index contributed by atoms with van der Waals surface area (Å²) in [6.45, 7) is 5.88. The van der Waals surface area contributed by atoms with Gasteiger partial charge in [0.05, 0.1) is 5.39 Å². The van der Waals surface area contributed by atoms with E-state index in [1.165, 1.54) is 6.26 Å². The lowest BCUT2D eigenvalue weighted by Gasteiger charge is -2.17. The van der Waals surface area contributed by atoms with Crippen molar-refractivity contribution in [1.82, 2.24) is 0 Å². The third-order valence-corrected chi connectivity index (χ3v) is 5.41. The van der Waals surface area contributed by atoms with Gasteiger partial charge in [-0.2, -0.15) is 0 Å². The molecule has 1 aromatic heterocycles. The predicted molar refractivity (Wildman–Crippen MR) is 129 cm³/mol. The number of rotatable bonds is 8. The maximum absolute atomic E-state index is 12.9. The molecule has 0 saturated heterocycles. The van der Waals surface area contributed by atoms with Crippen molar-refractivity contribution < 1.29 is 23.4 Å². The normalized spacial score (nSPS) is 11.7. The van der Waals surface area contributed by atoms with Gasteiger partial charge in [-0.25, -0.2) is 4.79 Å². The van der Waals surface area contributed by atoms with Crippen molar-refractivity contribution in [2.75, 3.05) is 0 Å². The molecular weight excluding hydrogens is 432 g/mol. The van der Waals surface area contributed by atoms with Crippen LogP contribution in [-0.2, 0) is 16.1 Å². The number of benzene rings is 3. The van der Waals surface area contributed by atoms with Crippen molar-refractivity contribution in [3.05, 3.63) is 99.9 Å². The van der Waals surface area contributed by atoms with E-state index < -0.39 is 12.1 Å². The van der Waals surface area contributed by atoms with Crippen LogP contribution in [0.25, 0.3) is 11.0 Å². The van der Waals surface area contributed by atoms with Gasteiger partial charge in [0.2, 0.25) is 11.2 Å². The fraction of sp³-hybridized carbons (Fsp3) is 0.214. The highest BCUT2D eigenvalue weighted by atomic mass is 16.6. The quantitative estimate of drug-likeness (QED) is 0.297. The number of hydrogen-bond acceptors (Lipinski definition) is 6. The number of hydrogen-bond donors (Lipinski definition) is 0. The molecule has 0 aliphatic carbocycles. The third-order valence-electron chi connectivity index (χ3n) is 5.41. The first-order valence-corrected chi connectivity index (χ1v) is 11.1. The fourth-order valence-electron chi connectivity index (χ4n) is 3.45. The summed E-state index contributed by atoms with van der Waals surface area (Å²) in [5.41, 5.74) is 2.89. The standard InChI is InChI=1S/C28H26O6/c1-4-23(28(30)32-16-20-8-6-5-7-9-20)33-21-12-13-22-25(15-21)31-17-26(27(22)29)34-24-14-18(2)10-11-19(24)3/h5-15,17,23H,4,16H2,1-3H3. The van der Waals surface area contributed by atoms with E-state index in [2.05, 4.69) is 0 Å². The van der Waals surface area contributed by atoms with Crippen LogP contribution in [0.2, 0.25) is 0 Å². The van der Waals surface area contributed by atoms with Gasteiger partial charge >= 0.3 is 5.97 Å². The zero-order chi connectivity index (χ0) is 24.1. The molecule has 1 atom stereocenters. The van der Waals surface area contributed by atoms with Crippen LogP contribution in [0.3, 0.4) is 0 Å². The van der Waals surface area contributed by atoms with Crippen molar-refractivity contribution in [2.45, 2.75) is 39.9 Å². The molecular formula is C28H26O6. The van der Waals surface area contributed by atoms with Crippen molar-refractivity contribution in [3.63, 3.8) is 0 Å². The lowest BCUT2D eigenvalue weighted by molar-refractivity contribution is -0.153. The average molecular weight is 459 g/mol. The Balaban J connectivity index is 1.49. The molecule has 0 bridgehead atoms. The summed E-state index contributed by atoms with van der Waals surface area (Å²) < 4.78 is 22.7. The zero-order valence-electron chi connectivity index (χ0n) is 19.4. The van der Waals surface area contributed by atoms with Crippen LogP contribution in [0, 0.1) is 13.8 Å². The van der Waals surface area contributed by atoms with E-state index in [1.807, 2.05) is 69.3 Å². The van der Waals surface area contributed by atoms with Gasteiger partial charge in [-0.15, -0.1) is 0 Å². The minimum Gasteiger partial charge on any atom is -0.479 e. The molecule has 0 radical (unpaired) electrons. The van der Waals surface area contributed by atoms with Gasteiger partial charge < -0.3 is 18.6 Å². The number of carbonyl (C=O) groups excluding carboxylic acids is 1. The Labute approximate surface area is 197 Å². The van der Waals surface area contributed by atoms with E-state index in [1.54, 1.807) is 18.2 Å². The molecule has 0 spiro atoms. The van der Waals surface area contributed by atoms with E-state index in [9.17, 15) is 9.59 Å². The Morgan fingerprint density at radius 2 is 1.76 bits per heavy atom. The number of fused-ring (bicyclic) bond motifs is 1. The Bertz CT molecular complexity index is 1360. The minimum atomic E-state index is -0.778. The van der Waals surface area contributed by atoms with Crippen LogP contribution in [0.15, 0.2) is 82.2 Å². The van der Waals surface area contributed by atoms with Gasteiger partial charge in [0.25, 0.3) is 0 Å². The maximum Gasteiger partial charge on any atom is 0.347 e. The first kappa shape index (κ1) is 23.1. The van der Waals surface area contributed by atoms with Gasteiger partial charge in [-0.3, -0.25) is 4.79 Å². The summed E-state index contributed by atoms with van der Waals surface area (Å²) in [7, 11) is 0. The Morgan fingerprint density at radius 1 is 0.971 bits per heavy atom. The van der Waals surface area contributed by atoms with E-state index >= 15 is 0 Å². The highest BCUT2D eigenvalue weighted by Gasteiger charge is 2.21. The molecule has 4 rings (SSSR count). The van der Waals surface area contributed by atoms with Crippen molar-refractivity contribution in [2.24, 2.45) is 0 Å². The summed E-state index contributed by atoms with van der Waals surface area (Å²) >= 11 is 0. The Kier molecular flexibility index (Phi) is 6.97. The molecule has 6 heteroatoms. The molecule has 0 N–H and O–H groups in total. The maximum atomic E-state index is 12.9.